The van der Waals surface area contributed by atoms with Crippen LogP contribution in [0.5, 0.6) is 11.5 Å². The van der Waals surface area contributed by atoms with Crippen LogP contribution in [0.3, 0.4) is 0 Å². The molecule has 0 spiro atoms. The predicted molar refractivity (Wildman–Crippen MR) is 141 cm³/mol. The summed E-state index contributed by atoms with van der Waals surface area (Å²) >= 11 is 0. The minimum atomic E-state index is -1.02. The summed E-state index contributed by atoms with van der Waals surface area (Å²) in [5.74, 6) is -1.71. The zero-order valence-electron chi connectivity index (χ0n) is 20.7. The molecule has 0 aliphatic carbocycles. The van der Waals surface area contributed by atoms with Crippen molar-refractivity contribution in [3.63, 3.8) is 0 Å². The minimum absolute atomic E-state index is 0.251. The molecule has 0 saturated carbocycles. The van der Waals surface area contributed by atoms with Gasteiger partial charge < -0.3 is 9.47 Å². The van der Waals surface area contributed by atoms with Crippen molar-refractivity contribution in [2.24, 2.45) is 0 Å². The van der Waals surface area contributed by atoms with E-state index in [4.69, 9.17) is 9.47 Å². The molecule has 0 atom stereocenters. The first-order chi connectivity index (χ1) is 18.4. The van der Waals surface area contributed by atoms with Gasteiger partial charge in [0.05, 0.1) is 12.8 Å². The summed E-state index contributed by atoms with van der Waals surface area (Å²) in [6.45, 7) is 2.34. The summed E-state index contributed by atoms with van der Waals surface area (Å²) in [4.78, 5) is 38.5. The quantitative estimate of drug-likeness (QED) is 0.272. The number of halogens is 1. The number of urea groups is 1. The summed E-state index contributed by atoms with van der Waals surface area (Å²) in [6.07, 6.45) is 1.32. The van der Waals surface area contributed by atoms with Crippen molar-refractivity contribution in [1.82, 2.24) is 5.32 Å². The van der Waals surface area contributed by atoms with Crippen LogP contribution in [0.25, 0.3) is 16.8 Å². The maximum atomic E-state index is 14.3. The number of hydrogen-bond acceptors (Lipinski definition) is 5. The van der Waals surface area contributed by atoms with E-state index in [1.807, 2.05) is 25.1 Å². The number of nitrogens with zero attached hydrogens (tertiary/aromatic N) is 1. The number of anilines is 1. The molecule has 4 aromatic carbocycles. The van der Waals surface area contributed by atoms with Gasteiger partial charge in [0.25, 0.3) is 11.8 Å². The number of para-hydroxylation sites is 1. The van der Waals surface area contributed by atoms with Crippen LogP contribution in [0.2, 0.25) is 0 Å². The lowest BCUT2D eigenvalue weighted by molar-refractivity contribution is -0.122. The van der Waals surface area contributed by atoms with Gasteiger partial charge in [-0.1, -0.05) is 54.6 Å². The van der Waals surface area contributed by atoms with Gasteiger partial charge in [0.15, 0.2) is 11.5 Å². The van der Waals surface area contributed by atoms with Crippen molar-refractivity contribution in [1.29, 1.82) is 0 Å². The highest BCUT2D eigenvalue weighted by atomic mass is 19.1. The first-order valence-corrected chi connectivity index (χ1v) is 11.8. The van der Waals surface area contributed by atoms with Gasteiger partial charge in [-0.15, -0.1) is 0 Å². The largest absolute Gasteiger partial charge is 0.493 e. The van der Waals surface area contributed by atoms with E-state index in [0.717, 1.165) is 28.0 Å². The van der Waals surface area contributed by atoms with Gasteiger partial charge in [0.1, 0.15) is 18.0 Å². The van der Waals surface area contributed by atoms with Crippen molar-refractivity contribution >= 4 is 40.4 Å². The molecule has 4 amide bonds. The highest BCUT2D eigenvalue weighted by Crippen LogP contribution is 2.32. The second-order valence-corrected chi connectivity index (χ2v) is 8.69. The number of carbonyl (C=O) groups excluding carboxylic acids is 3. The fourth-order valence-electron chi connectivity index (χ4n) is 4.36. The average molecular weight is 511 g/mol. The fraction of sp³-hybridized carbons (Fsp3) is 0.100. The Labute approximate surface area is 218 Å². The normalized spacial score (nSPS) is 14.7. The first-order valence-electron chi connectivity index (χ1n) is 11.8. The monoisotopic (exact) mass is 510 g/mol. The maximum Gasteiger partial charge on any atom is 0.336 e. The van der Waals surface area contributed by atoms with E-state index in [-0.39, 0.29) is 11.3 Å². The molecule has 5 rings (SSSR count). The van der Waals surface area contributed by atoms with E-state index in [2.05, 4.69) is 23.5 Å². The van der Waals surface area contributed by atoms with Crippen LogP contribution in [-0.2, 0) is 16.2 Å². The lowest BCUT2D eigenvalue weighted by Crippen LogP contribution is -2.54. The third kappa shape index (κ3) is 4.59. The first kappa shape index (κ1) is 24.7. The number of nitrogens with one attached hydrogen (secondary N) is 1. The Balaban J connectivity index is 1.43. The molecule has 4 aromatic rings. The Morgan fingerprint density at radius 1 is 0.921 bits per heavy atom. The van der Waals surface area contributed by atoms with Crippen LogP contribution in [0.4, 0.5) is 14.9 Å². The molecule has 7 nitrogen and oxygen atoms in total. The van der Waals surface area contributed by atoms with Crippen LogP contribution in [0, 0.1) is 12.7 Å². The Morgan fingerprint density at radius 2 is 1.68 bits per heavy atom. The zero-order valence-corrected chi connectivity index (χ0v) is 20.7. The van der Waals surface area contributed by atoms with E-state index in [1.165, 1.54) is 31.4 Å². The van der Waals surface area contributed by atoms with E-state index in [1.54, 1.807) is 18.2 Å². The topological polar surface area (TPSA) is 84.9 Å². The van der Waals surface area contributed by atoms with Crippen molar-refractivity contribution in [3.05, 3.63) is 107 Å². The van der Waals surface area contributed by atoms with Crippen molar-refractivity contribution in [2.45, 2.75) is 13.5 Å². The highest BCUT2D eigenvalue weighted by Gasteiger charge is 2.38. The maximum absolute atomic E-state index is 14.3. The number of amides is 4. The average Bonchev–Trinajstić information content (AvgIpc) is 2.91. The molecule has 0 aromatic heterocycles. The summed E-state index contributed by atoms with van der Waals surface area (Å²) < 4.78 is 25.9. The molecule has 0 unspecified atom stereocenters. The van der Waals surface area contributed by atoms with Crippen LogP contribution in [0.1, 0.15) is 16.7 Å². The van der Waals surface area contributed by atoms with Crippen LogP contribution in [-0.4, -0.2) is 25.0 Å². The van der Waals surface area contributed by atoms with E-state index in [9.17, 15) is 18.8 Å². The second-order valence-electron chi connectivity index (χ2n) is 8.69. The van der Waals surface area contributed by atoms with E-state index in [0.29, 0.717) is 28.6 Å². The molecule has 0 bridgehead atoms. The number of benzene rings is 4. The summed E-state index contributed by atoms with van der Waals surface area (Å²) in [6, 6.07) is 21.4. The molecule has 1 heterocycles. The highest BCUT2D eigenvalue weighted by molar-refractivity contribution is 6.39. The number of ether oxygens (including phenoxy) is 2. The molecule has 1 saturated heterocycles. The number of carbonyl (C=O) groups is 3. The smallest absolute Gasteiger partial charge is 0.336 e. The second kappa shape index (κ2) is 10.2. The fourth-order valence-corrected chi connectivity index (χ4v) is 4.36. The number of hydrogen-bond donors (Lipinski definition) is 1. The van der Waals surface area contributed by atoms with Crippen LogP contribution in [0.15, 0.2) is 84.4 Å². The van der Waals surface area contributed by atoms with Gasteiger partial charge in [0.2, 0.25) is 0 Å². The molecular weight excluding hydrogens is 487 g/mol. The number of rotatable bonds is 6. The van der Waals surface area contributed by atoms with Gasteiger partial charge in [-0.3, -0.25) is 14.9 Å². The minimum Gasteiger partial charge on any atom is -0.493 e. The molecule has 0 radical (unpaired) electrons. The Kier molecular flexibility index (Phi) is 6.62. The molecule has 190 valence electrons. The van der Waals surface area contributed by atoms with Crippen LogP contribution >= 0.6 is 0 Å². The standard InChI is InChI=1S/C30H23FN2O5/c1-18-11-13-20-7-3-4-8-21(20)23(18)17-38-26-14-12-19(16-27(26)37-2)15-22-28(34)32-30(36)33(29(22)35)25-10-6-5-9-24(25)31/h3-16H,17H2,1-2H3,(H,32,34,36)/b22-15-. The van der Waals surface area contributed by atoms with E-state index >= 15 is 0 Å². The number of methoxy groups -OCH3 is 1. The number of imide groups is 2. The third-order valence-electron chi connectivity index (χ3n) is 6.34. The van der Waals surface area contributed by atoms with Gasteiger partial charge in [-0.2, -0.15) is 0 Å². The Morgan fingerprint density at radius 3 is 2.47 bits per heavy atom. The Hall–Kier alpha value is -4.98. The third-order valence-corrected chi connectivity index (χ3v) is 6.34. The predicted octanol–water partition coefficient (Wildman–Crippen LogP) is 5.54. The van der Waals surface area contributed by atoms with Gasteiger partial charge >= 0.3 is 6.03 Å². The zero-order chi connectivity index (χ0) is 26.8. The number of fused-ring (bicyclic) bond motifs is 1. The molecule has 8 heteroatoms. The van der Waals surface area contributed by atoms with Crippen molar-refractivity contribution in [3.8, 4) is 11.5 Å². The molecular formula is C30H23FN2O5. The molecule has 1 aliphatic heterocycles. The van der Waals surface area contributed by atoms with Gasteiger partial charge in [0, 0.05) is 5.56 Å². The van der Waals surface area contributed by atoms with Gasteiger partial charge in [-0.05, 0) is 59.2 Å². The Bertz CT molecular complexity index is 1630. The van der Waals surface area contributed by atoms with Crippen molar-refractivity contribution < 1.29 is 28.2 Å². The number of barbiturate groups is 1. The summed E-state index contributed by atoms with van der Waals surface area (Å²) in [5.41, 5.74) is 2.03. The van der Waals surface area contributed by atoms with E-state index < -0.39 is 23.7 Å². The van der Waals surface area contributed by atoms with Crippen LogP contribution < -0.4 is 19.7 Å². The summed E-state index contributed by atoms with van der Waals surface area (Å²) in [5, 5.41) is 4.31. The SMILES string of the molecule is COc1cc(/C=C2/C(=O)NC(=O)N(c3ccccc3F)C2=O)ccc1OCc1c(C)ccc2ccccc12. The lowest BCUT2D eigenvalue weighted by atomic mass is 10.0. The number of aryl methyl sites for hydroxylation is 1. The lowest BCUT2D eigenvalue weighted by Gasteiger charge is -2.26. The summed E-state index contributed by atoms with van der Waals surface area (Å²) in [7, 11) is 1.49. The molecule has 1 N–H and O–H groups in total. The molecule has 1 fully saturated rings. The van der Waals surface area contributed by atoms with Crippen molar-refractivity contribution in [2.75, 3.05) is 12.0 Å². The molecule has 38 heavy (non-hydrogen) atoms. The molecule has 1 aliphatic rings. The van der Waals surface area contributed by atoms with Gasteiger partial charge in [-0.25, -0.2) is 14.1 Å².